The minimum atomic E-state index is -1.47. The van der Waals surface area contributed by atoms with Crippen LogP contribution in [0.25, 0.3) is 11.1 Å². The van der Waals surface area contributed by atoms with Crippen molar-refractivity contribution in [1.29, 1.82) is 0 Å². The van der Waals surface area contributed by atoms with Crippen molar-refractivity contribution >= 4 is 34.4 Å². The van der Waals surface area contributed by atoms with E-state index in [9.17, 15) is 0 Å². The average molecular weight is 289 g/mol. The van der Waals surface area contributed by atoms with E-state index in [1.54, 1.807) is 10.4 Å². The molecule has 0 radical (unpaired) electrons. The van der Waals surface area contributed by atoms with Crippen LogP contribution in [-0.4, -0.2) is 8.07 Å². The largest absolute Gasteiger partial charge is 0.115 e. The van der Waals surface area contributed by atoms with Crippen molar-refractivity contribution in [2.45, 2.75) is 13.1 Å². The molecule has 1 aliphatic heterocycles. The van der Waals surface area contributed by atoms with Crippen molar-refractivity contribution in [2.24, 2.45) is 0 Å². The van der Waals surface area contributed by atoms with Crippen molar-refractivity contribution in [3.8, 4) is 11.1 Å². The summed E-state index contributed by atoms with van der Waals surface area (Å²) in [4.78, 5) is 0. The standard InChI is InChI=1S/C14H13BrSi/c1-16(2)13-9-4-3-6-10(13)11-7-5-8-12(15)14(11)16/h3-9H,1-2H3. The number of halogens is 1. The second kappa shape index (κ2) is 3.31. The Morgan fingerprint density at radius 1 is 0.875 bits per heavy atom. The molecular formula is C14H13BrSi. The molecule has 0 saturated heterocycles. The van der Waals surface area contributed by atoms with Gasteiger partial charge in [-0.15, -0.1) is 0 Å². The molecule has 80 valence electrons. The van der Waals surface area contributed by atoms with Crippen LogP contribution in [-0.2, 0) is 0 Å². The van der Waals surface area contributed by atoms with Crippen LogP contribution in [0.15, 0.2) is 46.9 Å². The highest BCUT2D eigenvalue weighted by atomic mass is 79.9. The molecule has 2 aromatic rings. The molecule has 1 aliphatic rings. The normalized spacial score (nSPS) is 15.7. The van der Waals surface area contributed by atoms with E-state index in [0.29, 0.717) is 0 Å². The molecule has 0 fully saturated rings. The second-order valence-corrected chi connectivity index (χ2v) is 9.98. The summed E-state index contributed by atoms with van der Waals surface area (Å²) in [5.74, 6) is 0. The highest BCUT2D eigenvalue weighted by molar-refractivity contribution is 9.10. The van der Waals surface area contributed by atoms with Gasteiger partial charge in [-0.2, -0.15) is 0 Å². The molecular weight excluding hydrogens is 276 g/mol. The Labute approximate surface area is 105 Å². The summed E-state index contributed by atoms with van der Waals surface area (Å²) in [6.45, 7) is 4.87. The van der Waals surface area contributed by atoms with Crippen LogP contribution in [0.5, 0.6) is 0 Å². The molecule has 0 spiro atoms. The molecule has 0 aromatic heterocycles. The molecule has 0 unspecified atom stereocenters. The maximum atomic E-state index is 3.72. The predicted octanol–water partition coefficient (Wildman–Crippen LogP) is 3.25. The highest BCUT2D eigenvalue weighted by Gasteiger charge is 2.38. The maximum absolute atomic E-state index is 3.72. The molecule has 1 heterocycles. The Hall–Kier alpha value is -0.863. The molecule has 2 aromatic carbocycles. The molecule has 0 saturated carbocycles. The van der Waals surface area contributed by atoms with Gasteiger partial charge in [0.05, 0.1) is 0 Å². The van der Waals surface area contributed by atoms with E-state index in [1.807, 2.05) is 0 Å². The Morgan fingerprint density at radius 2 is 1.56 bits per heavy atom. The Balaban J connectivity index is 2.44. The van der Waals surface area contributed by atoms with E-state index in [2.05, 4.69) is 71.5 Å². The SMILES string of the molecule is C[Si]1(C)c2ccccc2-c2cccc(Br)c21. The van der Waals surface area contributed by atoms with Crippen LogP contribution in [0, 0.1) is 0 Å². The molecule has 0 atom stereocenters. The summed E-state index contributed by atoms with van der Waals surface area (Å²) >= 11 is 3.72. The van der Waals surface area contributed by atoms with E-state index in [1.165, 1.54) is 15.6 Å². The lowest BCUT2D eigenvalue weighted by Crippen LogP contribution is -2.49. The van der Waals surface area contributed by atoms with Gasteiger partial charge < -0.3 is 0 Å². The maximum Gasteiger partial charge on any atom is 0.115 e. The lowest BCUT2D eigenvalue weighted by Gasteiger charge is -2.19. The van der Waals surface area contributed by atoms with Crippen molar-refractivity contribution in [3.05, 3.63) is 46.9 Å². The Kier molecular flexibility index (Phi) is 2.13. The summed E-state index contributed by atoms with van der Waals surface area (Å²) in [5, 5.41) is 3.12. The molecule has 0 N–H and O–H groups in total. The van der Waals surface area contributed by atoms with Gasteiger partial charge in [0.25, 0.3) is 0 Å². The third-order valence-corrected chi connectivity index (χ3v) is 8.13. The number of rotatable bonds is 0. The van der Waals surface area contributed by atoms with Gasteiger partial charge in [0, 0.05) is 4.47 Å². The lowest BCUT2D eigenvalue weighted by molar-refractivity contribution is 1.68. The van der Waals surface area contributed by atoms with Crippen LogP contribution in [0.3, 0.4) is 0 Å². The summed E-state index contributed by atoms with van der Waals surface area (Å²) < 4.78 is 1.28. The van der Waals surface area contributed by atoms with Crippen molar-refractivity contribution in [1.82, 2.24) is 0 Å². The van der Waals surface area contributed by atoms with Crippen LogP contribution in [0.1, 0.15) is 0 Å². The van der Waals surface area contributed by atoms with E-state index >= 15 is 0 Å². The van der Waals surface area contributed by atoms with Crippen LogP contribution in [0.4, 0.5) is 0 Å². The predicted molar refractivity (Wildman–Crippen MR) is 76.3 cm³/mol. The zero-order valence-corrected chi connectivity index (χ0v) is 12.0. The zero-order valence-electron chi connectivity index (χ0n) is 9.42. The summed E-state index contributed by atoms with van der Waals surface area (Å²) in [6.07, 6.45) is 0. The first-order valence-electron chi connectivity index (χ1n) is 5.51. The van der Waals surface area contributed by atoms with Gasteiger partial charge in [0.15, 0.2) is 0 Å². The molecule has 0 aliphatic carbocycles. The van der Waals surface area contributed by atoms with Crippen LogP contribution >= 0.6 is 15.9 Å². The lowest BCUT2D eigenvalue weighted by atomic mass is 10.1. The Morgan fingerprint density at radius 3 is 2.38 bits per heavy atom. The van der Waals surface area contributed by atoms with Gasteiger partial charge in [-0.3, -0.25) is 0 Å². The van der Waals surface area contributed by atoms with Gasteiger partial charge in [-0.05, 0) is 27.6 Å². The highest BCUT2D eigenvalue weighted by Crippen LogP contribution is 2.30. The third kappa shape index (κ3) is 1.20. The van der Waals surface area contributed by atoms with Gasteiger partial charge in [-0.1, -0.05) is 65.4 Å². The quantitative estimate of drug-likeness (QED) is 0.653. The monoisotopic (exact) mass is 288 g/mol. The number of hydrogen-bond acceptors (Lipinski definition) is 0. The fourth-order valence-corrected chi connectivity index (χ4v) is 7.88. The molecule has 0 nitrogen and oxygen atoms in total. The molecule has 0 bridgehead atoms. The van der Waals surface area contributed by atoms with Gasteiger partial charge in [0.1, 0.15) is 8.07 Å². The first-order valence-corrected chi connectivity index (χ1v) is 9.30. The second-order valence-electron chi connectivity index (χ2n) is 4.83. The fourth-order valence-electron chi connectivity index (χ4n) is 2.78. The van der Waals surface area contributed by atoms with Gasteiger partial charge in [0.2, 0.25) is 0 Å². The summed E-state index contributed by atoms with van der Waals surface area (Å²) in [7, 11) is -1.47. The van der Waals surface area contributed by atoms with Crippen molar-refractivity contribution in [2.75, 3.05) is 0 Å². The number of fused-ring (bicyclic) bond motifs is 3. The van der Waals surface area contributed by atoms with E-state index in [0.717, 1.165) is 0 Å². The van der Waals surface area contributed by atoms with Crippen LogP contribution in [0.2, 0.25) is 13.1 Å². The molecule has 0 amide bonds. The molecule has 3 rings (SSSR count). The third-order valence-electron chi connectivity index (χ3n) is 3.53. The van der Waals surface area contributed by atoms with Gasteiger partial charge >= 0.3 is 0 Å². The fraction of sp³-hybridized carbons (Fsp3) is 0.143. The Bertz CT molecular complexity index is 573. The minimum Gasteiger partial charge on any atom is -0.0623 e. The van der Waals surface area contributed by atoms with Crippen molar-refractivity contribution < 1.29 is 0 Å². The van der Waals surface area contributed by atoms with Gasteiger partial charge in [-0.25, -0.2) is 0 Å². The average Bonchev–Trinajstić information content (AvgIpc) is 2.50. The molecule has 16 heavy (non-hydrogen) atoms. The smallest absolute Gasteiger partial charge is 0.0623 e. The molecule has 2 heteroatoms. The summed E-state index contributed by atoms with van der Waals surface area (Å²) in [6, 6.07) is 15.4. The number of hydrogen-bond donors (Lipinski definition) is 0. The minimum absolute atomic E-state index is 1.28. The zero-order chi connectivity index (χ0) is 11.3. The summed E-state index contributed by atoms with van der Waals surface area (Å²) in [5.41, 5.74) is 2.87. The number of benzene rings is 2. The van der Waals surface area contributed by atoms with E-state index in [-0.39, 0.29) is 0 Å². The van der Waals surface area contributed by atoms with Crippen LogP contribution < -0.4 is 10.4 Å². The first-order chi connectivity index (χ1) is 7.62. The van der Waals surface area contributed by atoms with E-state index < -0.39 is 8.07 Å². The topological polar surface area (TPSA) is 0 Å². The first kappa shape index (κ1) is 10.3. The van der Waals surface area contributed by atoms with Crippen molar-refractivity contribution in [3.63, 3.8) is 0 Å². The van der Waals surface area contributed by atoms with E-state index in [4.69, 9.17) is 0 Å².